The predicted molar refractivity (Wildman–Crippen MR) is 119 cm³/mol. The Morgan fingerprint density at radius 2 is 2.04 bits per heavy atom. The van der Waals surface area contributed by atoms with Crippen LogP contribution in [-0.2, 0) is 17.8 Å². The molecule has 2 N–H and O–H groups in total. The minimum atomic E-state index is 0. The molecule has 1 fully saturated rings. The number of hydrogen-bond donors (Lipinski definition) is 2. The lowest BCUT2D eigenvalue weighted by Crippen LogP contribution is -2.40. The summed E-state index contributed by atoms with van der Waals surface area (Å²) in [6.07, 6.45) is 9.51. The smallest absolute Gasteiger partial charge is 0.243 e. The van der Waals surface area contributed by atoms with Crippen LogP contribution in [0.2, 0.25) is 0 Å². The molecule has 1 heterocycles. The normalized spacial score (nSPS) is 15.3. The number of thiazole rings is 1. The topological polar surface area (TPSA) is 69.6 Å². The third-order valence-corrected chi connectivity index (χ3v) is 5.65. The number of rotatable bonds is 7. The van der Waals surface area contributed by atoms with Crippen LogP contribution in [0.15, 0.2) is 11.2 Å². The molecule has 1 saturated carbocycles. The molecule has 0 saturated heterocycles. The fourth-order valence-electron chi connectivity index (χ4n) is 2.85. The molecule has 0 spiro atoms. The predicted octanol–water partition coefficient (Wildman–Crippen LogP) is 3.03. The number of hydrogen-bond acceptors (Lipinski definition) is 4. The summed E-state index contributed by atoms with van der Waals surface area (Å²) in [6, 6.07) is 0. The lowest BCUT2D eigenvalue weighted by atomic mass is 9.89. The van der Waals surface area contributed by atoms with Gasteiger partial charge in [-0.25, -0.2) is 9.98 Å². The maximum absolute atomic E-state index is 11.8. The highest BCUT2D eigenvalue weighted by atomic mass is 127. The van der Waals surface area contributed by atoms with Gasteiger partial charge in [0.15, 0.2) is 5.96 Å². The number of guanidine groups is 1. The summed E-state index contributed by atoms with van der Waals surface area (Å²) in [7, 11) is 3.50. The number of aromatic nitrogens is 1. The molecular formula is C18H32IN5OS. The lowest BCUT2D eigenvalue weighted by Gasteiger charge is -2.23. The Morgan fingerprint density at radius 3 is 2.65 bits per heavy atom. The van der Waals surface area contributed by atoms with Crippen LogP contribution in [0.1, 0.15) is 48.9 Å². The Hall–Kier alpha value is -0.900. The molecule has 0 radical (unpaired) electrons. The van der Waals surface area contributed by atoms with Gasteiger partial charge in [-0.15, -0.1) is 35.3 Å². The van der Waals surface area contributed by atoms with E-state index < -0.39 is 0 Å². The molecule has 0 unspecified atom stereocenters. The number of nitrogens with one attached hydrogen (secondary N) is 2. The molecule has 0 aliphatic heterocycles. The third-order valence-electron chi connectivity index (χ3n) is 4.51. The SMILES string of the molecule is CCc1cnc(CNC(=NCC(=O)N(C)C)NCC2CCCCC2)s1.I. The highest BCUT2D eigenvalue weighted by molar-refractivity contribution is 14.0. The van der Waals surface area contributed by atoms with Gasteiger partial charge in [-0.05, 0) is 25.2 Å². The zero-order valence-corrected chi connectivity index (χ0v) is 19.2. The van der Waals surface area contributed by atoms with E-state index >= 15 is 0 Å². The summed E-state index contributed by atoms with van der Waals surface area (Å²) in [5, 5.41) is 7.79. The van der Waals surface area contributed by atoms with Crippen molar-refractivity contribution < 1.29 is 4.79 Å². The van der Waals surface area contributed by atoms with Gasteiger partial charge < -0.3 is 15.5 Å². The van der Waals surface area contributed by atoms with Crippen LogP contribution >= 0.6 is 35.3 Å². The van der Waals surface area contributed by atoms with E-state index in [0.717, 1.165) is 18.0 Å². The van der Waals surface area contributed by atoms with Gasteiger partial charge in [0.25, 0.3) is 0 Å². The second-order valence-electron chi connectivity index (χ2n) is 6.77. The Morgan fingerprint density at radius 1 is 1.31 bits per heavy atom. The number of amides is 1. The van der Waals surface area contributed by atoms with Gasteiger partial charge in [0, 0.05) is 31.7 Å². The minimum absolute atomic E-state index is 0. The van der Waals surface area contributed by atoms with E-state index in [1.165, 1.54) is 37.0 Å². The van der Waals surface area contributed by atoms with E-state index in [1.54, 1.807) is 30.3 Å². The van der Waals surface area contributed by atoms with Gasteiger partial charge in [-0.1, -0.05) is 26.2 Å². The van der Waals surface area contributed by atoms with Crippen molar-refractivity contribution in [3.8, 4) is 0 Å². The van der Waals surface area contributed by atoms with Crippen LogP contribution < -0.4 is 10.6 Å². The van der Waals surface area contributed by atoms with E-state index in [2.05, 4.69) is 27.5 Å². The summed E-state index contributed by atoms with van der Waals surface area (Å²) in [5.41, 5.74) is 0. The van der Waals surface area contributed by atoms with Crippen molar-refractivity contribution in [2.24, 2.45) is 10.9 Å². The number of likely N-dealkylation sites (N-methyl/N-ethyl adjacent to an activating group) is 1. The fourth-order valence-corrected chi connectivity index (χ4v) is 3.65. The minimum Gasteiger partial charge on any atom is -0.356 e. The molecule has 6 nitrogen and oxygen atoms in total. The van der Waals surface area contributed by atoms with Crippen molar-refractivity contribution in [1.29, 1.82) is 0 Å². The van der Waals surface area contributed by atoms with Crippen LogP contribution in [0.4, 0.5) is 0 Å². The van der Waals surface area contributed by atoms with Gasteiger partial charge in [0.2, 0.25) is 5.91 Å². The summed E-state index contributed by atoms with van der Waals surface area (Å²) in [6.45, 7) is 3.85. The highest BCUT2D eigenvalue weighted by Gasteiger charge is 2.14. The first kappa shape index (κ1) is 23.1. The van der Waals surface area contributed by atoms with Gasteiger partial charge in [-0.3, -0.25) is 4.79 Å². The van der Waals surface area contributed by atoms with E-state index in [9.17, 15) is 4.79 Å². The quantitative estimate of drug-likeness (QED) is 0.348. The van der Waals surface area contributed by atoms with Gasteiger partial charge in [-0.2, -0.15) is 0 Å². The molecule has 0 atom stereocenters. The Kier molecular flexibility index (Phi) is 11.1. The standard InChI is InChI=1S/C18H31N5OS.HI/c1-4-15-11-19-16(25-15)12-21-18(22-13-17(24)23(2)3)20-10-14-8-6-5-7-9-14;/h11,14H,4-10,12-13H2,1-3H3,(H2,20,21,22);1H. The second kappa shape index (κ2) is 12.5. The van der Waals surface area contributed by atoms with E-state index in [-0.39, 0.29) is 36.4 Å². The second-order valence-corrected chi connectivity index (χ2v) is 7.97. The van der Waals surface area contributed by atoms with Crippen LogP contribution in [0, 0.1) is 5.92 Å². The molecule has 1 amide bonds. The molecule has 1 aliphatic carbocycles. The molecular weight excluding hydrogens is 461 g/mol. The maximum atomic E-state index is 11.8. The summed E-state index contributed by atoms with van der Waals surface area (Å²) >= 11 is 1.72. The molecule has 1 aromatic heterocycles. The number of carbonyl (C=O) groups excluding carboxylic acids is 1. The number of nitrogens with zero attached hydrogens (tertiary/aromatic N) is 3. The van der Waals surface area contributed by atoms with Crippen LogP contribution in [0.5, 0.6) is 0 Å². The van der Waals surface area contributed by atoms with Crippen molar-refractivity contribution in [3.05, 3.63) is 16.1 Å². The van der Waals surface area contributed by atoms with E-state index in [4.69, 9.17) is 0 Å². The monoisotopic (exact) mass is 493 g/mol. The maximum Gasteiger partial charge on any atom is 0.243 e. The lowest BCUT2D eigenvalue weighted by molar-refractivity contribution is -0.127. The average Bonchev–Trinajstić information content (AvgIpc) is 3.09. The molecule has 2 rings (SSSR count). The first-order valence-corrected chi connectivity index (χ1v) is 10.1. The van der Waals surface area contributed by atoms with Crippen molar-refractivity contribution in [3.63, 3.8) is 0 Å². The first-order valence-electron chi connectivity index (χ1n) is 9.24. The van der Waals surface area contributed by atoms with Gasteiger partial charge in [0.1, 0.15) is 11.6 Å². The van der Waals surface area contributed by atoms with Gasteiger partial charge >= 0.3 is 0 Å². The third kappa shape index (κ3) is 8.20. The zero-order chi connectivity index (χ0) is 18.1. The number of halogens is 1. The fraction of sp³-hybridized carbons (Fsp3) is 0.722. The first-order chi connectivity index (χ1) is 12.1. The average molecular weight is 493 g/mol. The van der Waals surface area contributed by atoms with Gasteiger partial charge in [0.05, 0.1) is 6.54 Å². The molecule has 1 aromatic rings. The van der Waals surface area contributed by atoms with Crippen molar-refractivity contribution >= 4 is 47.2 Å². The molecule has 0 aromatic carbocycles. The highest BCUT2D eigenvalue weighted by Crippen LogP contribution is 2.22. The van der Waals surface area contributed by atoms with E-state index in [0.29, 0.717) is 18.4 Å². The molecule has 1 aliphatic rings. The zero-order valence-electron chi connectivity index (χ0n) is 16.1. The number of aliphatic imine (C=N–C) groups is 1. The Balaban J connectivity index is 0.00000338. The largest absolute Gasteiger partial charge is 0.356 e. The summed E-state index contributed by atoms with van der Waals surface area (Å²) in [4.78, 5) is 23.6. The van der Waals surface area contributed by atoms with E-state index in [1.807, 2.05) is 6.20 Å². The van der Waals surface area contributed by atoms with Crippen LogP contribution in [0.3, 0.4) is 0 Å². The Bertz CT molecular complexity index is 570. The summed E-state index contributed by atoms with van der Waals surface area (Å²) in [5.74, 6) is 1.41. The van der Waals surface area contributed by atoms with Crippen molar-refractivity contribution in [2.75, 3.05) is 27.2 Å². The Labute approximate surface area is 178 Å². The molecule has 0 bridgehead atoms. The molecule has 26 heavy (non-hydrogen) atoms. The van der Waals surface area contributed by atoms with Crippen molar-refractivity contribution in [1.82, 2.24) is 20.5 Å². The summed E-state index contributed by atoms with van der Waals surface area (Å²) < 4.78 is 0. The van der Waals surface area contributed by atoms with Crippen molar-refractivity contribution in [2.45, 2.75) is 52.0 Å². The molecule has 8 heteroatoms. The number of aryl methyl sites for hydroxylation is 1. The van der Waals surface area contributed by atoms with Crippen LogP contribution in [0.25, 0.3) is 0 Å². The molecule has 148 valence electrons. The van der Waals surface area contributed by atoms with Crippen LogP contribution in [-0.4, -0.2) is 48.9 Å². The number of carbonyl (C=O) groups is 1.